The zero-order chi connectivity index (χ0) is 30.7. The molecule has 5 rings (SSSR count). The van der Waals surface area contributed by atoms with Gasteiger partial charge in [-0.15, -0.1) is 0 Å². The number of pyridine rings is 1. The minimum atomic E-state index is -0.538. The van der Waals surface area contributed by atoms with Crippen LogP contribution < -0.4 is 26.6 Å². The summed E-state index contributed by atoms with van der Waals surface area (Å²) in [6.45, 7) is 5.53. The molecule has 1 aromatic heterocycles. The Morgan fingerprint density at radius 1 is 0.930 bits per heavy atom. The van der Waals surface area contributed by atoms with E-state index in [4.69, 9.17) is 10.5 Å². The molecule has 2 aliphatic heterocycles. The van der Waals surface area contributed by atoms with Gasteiger partial charge in [0.2, 0.25) is 5.91 Å². The van der Waals surface area contributed by atoms with E-state index in [1.165, 1.54) is 6.20 Å². The molecule has 2 atom stereocenters. The van der Waals surface area contributed by atoms with E-state index in [1.54, 1.807) is 24.3 Å². The summed E-state index contributed by atoms with van der Waals surface area (Å²) in [4.78, 5) is 43.7. The molecule has 11 heteroatoms. The summed E-state index contributed by atoms with van der Waals surface area (Å²) in [5, 5.41) is 19.4. The molecule has 3 aliphatic rings. The Hall–Kier alpha value is -4.33. The Labute approximate surface area is 252 Å². The summed E-state index contributed by atoms with van der Waals surface area (Å²) < 4.78 is 5.38. The van der Waals surface area contributed by atoms with Crippen molar-refractivity contribution in [1.29, 1.82) is 5.26 Å². The van der Waals surface area contributed by atoms with Crippen LogP contribution in [0.4, 0.5) is 16.3 Å². The van der Waals surface area contributed by atoms with Crippen LogP contribution >= 0.6 is 0 Å². The van der Waals surface area contributed by atoms with Gasteiger partial charge >= 0.3 is 6.09 Å². The average Bonchev–Trinajstić information content (AvgIpc) is 3.22. The van der Waals surface area contributed by atoms with Gasteiger partial charge in [-0.2, -0.15) is 5.26 Å². The first kappa shape index (κ1) is 30.1. The lowest BCUT2D eigenvalue weighted by atomic mass is 9.91. The van der Waals surface area contributed by atoms with E-state index in [-0.39, 0.29) is 36.1 Å². The Kier molecular flexibility index (Phi) is 8.76. The van der Waals surface area contributed by atoms with Gasteiger partial charge in [0.1, 0.15) is 17.5 Å². The van der Waals surface area contributed by atoms with Crippen LogP contribution in [0.1, 0.15) is 98.4 Å². The summed E-state index contributed by atoms with van der Waals surface area (Å²) in [6, 6.07) is 11.7. The van der Waals surface area contributed by atoms with Gasteiger partial charge in [0, 0.05) is 42.0 Å². The van der Waals surface area contributed by atoms with Crippen molar-refractivity contribution in [3.05, 3.63) is 53.2 Å². The highest BCUT2D eigenvalue weighted by Crippen LogP contribution is 2.38. The van der Waals surface area contributed by atoms with Gasteiger partial charge in [0.15, 0.2) is 0 Å². The molecule has 2 aromatic rings. The zero-order valence-corrected chi connectivity index (χ0v) is 25.1. The number of benzene rings is 1. The van der Waals surface area contributed by atoms with Crippen LogP contribution in [0.25, 0.3) is 0 Å². The van der Waals surface area contributed by atoms with Gasteiger partial charge in [-0.1, -0.05) is 0 Å². The van der Waals surface area contributed by atoms with Crippen LogP contribution in [0.15, 0.2) is 36.5 Å². The molecule has 43 heavy (non-hydrogen) atoms. The number of piperidine rings is 1. The molecule has 3 amide bonds. The van der Waals surface area contributed by atoms with E-state index in [0.717, 1.165) is 57.2 Å². The minimum absolute atomic E-state index is 0.0333. The Balaban J connectivity index is 1.16. The normalized spacial score (nSPS) is 24.9. The van der Waals surface area contributed by atoms with Crippen molar-refractivity contribution >= 4 is 29.4 Å². The number of carbonyl (C=O) groups is 3. The lowest BCUT2D eigenvalue weighted by Crippen LogP contribution is -2.50. The molecule has 1 aliphatic carbocycles. The van der Waals surface area contributed by atoms with Crippen LogP contribution in [-0.4, -0.2) is 58.7 Å². The van der Waals surface area contributed by atoms with Gasteiger partial charge in [-0.3, -0.25) is 9.59 Å². The molecule has 1 saturated carbocycles. The van der Waals surface area contributed by atoms with Crippen molar-refractivity contribution in [3.8, 4) is 6.07 Å². The third-order valence-corrected chi connectivity index (χ3v) is 8.58. The first-order chi connectivity index (χ1) is 20.5. The largest absolute Gasteiger partial charge is 0.444 e. The topological polar surface area (TPSA) is 162 Å². The summed E-state index contributed by atoms with van der Waals surface area (Å²) in [7, 11) is 0. The molecule has 2 saturated heterocycles. The van der Waals surface area contributed by atoms with Crippen LogP contribution in [0.5, 0.6) is 0 Å². The number of hydrogen-bond acceptors (Lipinski definition) is 8. The predicted molar refractivity (Wildman–Crippen MR) is 163 cm³/mol. The van der Waals surface area contributed by atoms with Crippen molar-refractivity contribution in [2.45, 2.75) is 108 Å². The number of anilines is 2. The third-order valence-electron chi connectivity index (χ3n) is 8.58. The van der Waals surface area contributed by atoms with Gasteiger partial charge in [-0.25, -0.2) is 9.78 Å². The first-order valence-corrected chi connectivity index (χ1v) is 15.1. The fourth-order valence-corrected chi connectivity index (χ4v) is 6.60. The molecular weight excluding hydrogens is 546 g/mol. The number of primary amides is 1. The minimum Gasteiger partial charge on any atom is -0.444 e. The highest BCUT2D eigenvalue weighted by Gasteiger charge is 2.42. The molecule has 3 heterocycles. The number of hydrogen-bond donors (Lipinski definition) is 4. The number of alkyl carbamates (subject to hydrolysis) is 1. The summed E-state index contributed by atoms with van der Waals surface area (Å²) >= 11 is 0. The summed E-state index contributed by atoms with van der Waals surface area (Å²) in [5.74, 6) is 0.184. The third kappa shape index (κ3) is 7.37. The molecule has 1 aromatic carbocycles. The number of nitrogens with one attached hydrogen (secondary N) is 3. The molecule has 0 spiro atoms. The molecule has 5 N–H and O–H groups in total. The van der Waals surface area contributed by atoms with Crippen molar-refractivity contribution < 1.29 is 19.1 Å². The number of ether oxygens (including phenoxy) is 1. The predicted octanol–water partition coefficient (Wildman–Crippen LogP) is 4.23. The number of rotatable bonds is 7. The van der Waals surface area contributed by atoms with Gasteiger partial charge in [-0.05, 0) is 102 Å². The van der Waals surface area contributed by atoms with E-state index >= 15 is 0 Å². The number of nitrogens with two attached hydrogens (primary N) is 1. The Morgan fingerprint density at radius 2 is 1.58 bits per heavy atom. The quantitative estimate of drug-likeness (QED) is 0.374. The van der Waals surface area contributed by atoms with E-state index in [1.807, 2.05) is 26.8 Å². The maximum absolute atomic E-state index is 13.3. The second-order valence-electron chi connectivity index (χ2n) is 12.9. The molecule has 228 valence electrons. The van der Waals surface area contributed by atoms with Gasteiger partial charge < -0.3 is 31.3 Å². The number of nitrogens with zero attached hydrogens (tertiary/aromatic N) is 3. The van der Waals surface area contributed by atoms with Crippen molar-refractivity contribution in [2.75, 3.05) is 10.2 Å². The maximum Gasteiger partial charge on any atom is 0.407 e. The fourth-order valence-electron chi connectivity index (χ4n) is 6.60. The van der Waals surface area contributed by atoms with Crippen molar-refractivity contribution in [3.63, 3.8) is 0 Å². The Bertz CT molecular complexity index is 1380. The van der Waals surface area contributed by atoms with E-state index in [9.17, 15) is 19.6 Å². The second kappa shape index (κ2) is 12.5. The summed E-state index contributed by atoms with van der Waals surface area (Å²) in [5.41, 5.74) is 6.87. The van der Waals surface area contributed by atoms with Crippen LogP contribution in [-0.2, 0) is 4.74 Å². The molecule has 11 nitrogen and oxygen atoms in total. The SMILES string of the molecule is CC(C)(C)OC(=O)NC1CCC(Nc2cc(C(=O)NC3C[C@H]4CC[C@H](C3)N4c3ccc(C(N)=O)cn3)ccc2C#N)CC1. The highest BCUT2D eigenvalue weighted by atomic mass is 16.6. The number of carbonyl (C=O) groups excluding carboxylic acids is 3. The van der Waals surface area contributed by atoms with E-state index in [2.05, 4.69) is 31.9 Å². The second-order valence-corrected chi connectivity index (χ2v) is 12.9. The van der Waals surface area contributed by atoms with Crippen molar-refractivity contribution in [2.24, 2.45) is 5.73 Å². The van der Waals surface area contributed by atoms with Crippen LogP contribution in [0.3, 0.4) is 0 Å². The first-order valence-electron chi connectivity index (χ1n) is 15.1. The molecule has 2 bridgehead atoms. The molecule has 3 fully saturated rings. The number of amides is 3. The lowest BCUT2D eigenvalue weighted by Gasteiger charge is -2.40. The smallest absolute Gasteiger partial charge is 0.407 e. The van der Waals surface area contributed by atoms with E-state index in [0.29, 0.717) is 22.4 Å². The average molecular weight is 588 g/mol. The number of fused-ring (bicyclic) bond motifs is 2. The van der Waals surface area contributed by atoms with E-state index < -0.39 is 17.6 Å². The molecule has 0 unspecified atom stereocenters. The fraction of sp³-hybridized carbons (Fsp3) is 0.531. The van der Waals surface area contributed by atoms with Crippen LogP contribution in [0.2, 0.25) is 0 Å². The number of nitriles is 1. The Morgan fingerprint density at radius 3 is 2.16 bits per heavy atom. The molecular formula is C32H41N7O4. The van der Waals surface area contributed by atoms with Crippen LogP contribution in [0, 0.1) is 11.3 Å². The molecule has 0 radical (unpaired) electrons. The maximum atomic E-state index is 13.3. The lowest BCUT2D eigenvalue weighted by molar-refractivity contribution is 0.0491. The van der Waals surface area contributed by atoms with Gasteiger partial charge in [0.25, 0.3) is 5.91 Å². The zero-order valence-electron chi connectivity index (χ0n) is 25.1. The standard InChI is InChI=1S/C32H41N7O4/c1-32(2,3)43-31(42)38-23-9-7-22(8-10-23)36-27-14-19(4-5-20(27)17-33)30(41)37-24-15-25-11-12-26(16-24)39(25)28-13-6-21(18-35-28)29(34)40/h4-6,13-14,18,22-26,36H,7-12,15-16H2,1-3H3,(H2,34,40)(H,37,41)(H,38,42)/t22?,23?,25-,26-/m1/s1. The van der Waals surface area contributed by atoms with Gasteiger partial charge in [0.05, 0.1) is 16.8 Å². The summed E-state index contributed by atoms with van der Waals surface area (Å²) in [6.07, 6.45) is 8.03. The highest BCUT2D eigenvalue weighted by molar-refractivity contribution is 5.96. The number of aromatic nitrogens is 1. The monoisotopic (exact) mass is 587 g/mol. The van der Waals surface area contributed by atoms with Crippen molar-refractivity contribution in [1.82, 2.24) is 15.6 Å².